The maximum absolute atomic E-state index is 11.8. The van der Waals surface area contributed by atoms with Crippen molar-refractivity contribution in [2.75, 3.05) is 20.8 Å². The van der Waals surface area contributed by atoms with Crippen LogP contribution < -0.4 is 10.1 Å². The van der Waals surface area contributed by atoms with Crippen LogP contribution in [0.4, 0.5) is 4.79 Å². The van der Waals surface area contributed by atoms with E-state index in [1.165, 1.54) is 4.90 Å². The molecule has 2 amide bonds. The van der Waals surface area contributed by atoms with Gasteiger partial charge < -0.3 is 20.1 Å². The van der Waals surface area contributed by atoms with Gasteiger partial charge in [-0.2, -0.15) is 0 Å². The standard InChI is InChI=1S/C13H19ClN2O3/c1-9(8-17)16(2)13(18)15-7-10-4-5-12(19-3)11(14)6-10/h4-6,9,17H,7-8H2,1-3H3,(H,15,18). The Morgan fingerprint density at radius 3 is 2.79 bits per heavy atom. The Kier molecular flexibility index (Phi) is 5.92. The van der Waals surface area contributed by atoms with Crippen LogP contribution in [0.25, 0.3) is 0 Å². The smallest absolute Gasteiger partial charge is 0.317 e. The number of hydrogen-bond acceptors (Lipinski definition) is 3. The molecule has 0 saturated heterocycles. The van der Waals surface area contributed by atoms with Crippen molar-refractivity contribution in [2.24, 2.45) is 0 Å². The van der Waals surface area contributed by atoms with E-state index in [1.807, 2.05) is 6.07 Å². The van der Waals surface area contributed by atoms with E-state index in [2.05, 4.69) is 5.32 Å². The van der Waals surface area contributed by atoms with Gasteiger partial charge in [-0.05, 0) is 24.6 Å². The monoisotopic (exact) mass is 286 g/mol. The summed E-state index contributed by atoms with van der Waals surface area (Å²) >= 11 is 6.00. The van der Waals surface area contributed by atoms with Gasteiger partial charge in [-0.15, -0.1) is 0 Å². The number of benzene rings is 1. The molecule has 2 N–H and O–H groups in total. The summed E-state index contributed by atoms with van der Waals surface area (Å²) in [7, 11) is 3.19. The molecule has 0 saturated carbocycles. The van der Waals surface area contributed by atoms with E-state index >= 15 is 0 Å². The summed E-state index contributed by atoms with van der Waals surface area (Å²) in [4.78, 5) is 13.2. The Morgan fingerprint density at radius 1 is 1.58 bits per heavy atom. The van der Waals surface area contributed by atoms with Gasteiger partial charge in [0, 0.05) is 13.6 Å². The minimum atomic E-state index is -0.242. The molecule has 0 fully saturated rings. The lowest BCUT2D eigenvalue weighted by atomic mass is 10.2. The first-order valence-electron chi connectivity index (χ1n) is 5.93. The average molecular weight is 287 g/mol. The van der Waals surface area contributed by atoms with E-state index in [0.717, 1.165) is 5.56 Å². The van der Waals surface area contributed by atoms with Crippen molar-refractivity contribution in [1.82, 2.24) is 10.2 Å². The maximum atomic E-state index is 11.8. The molecule has 0 aliphatic heterocycles. The van der Waals surface area contributed by atoms with Crippen molar-refractivity contribution in [3.63, 3.8) is 0 Å². The number of hydrogen-bond donors (Lipinski definition) is 2. The molecule has 1 rings (SSSR count). The molecule has 0 bridgehead atoms. The number of aliphatic hydroxyl groups excluding tert-OH is 1. The lowest BCUT2D eigenvalue weighted by molar-refractivity contribution is 0.157. The number of aliphatic hydroxyl groups is 1. The molecule has 0 heterocycles. The molecular formula is C13H19ClN2O3. The van der Waals surface area contributed by atoms with Crippen molar-refractivity contribution in [1.29, 1.82) is 0 Å². The number of methoxy groups -OCH3 is 1. The van der Waals surface area contributed by atoms with Crippen LogP contribution in [0.1, 0.15) is 12.5 Å². The van der Waals surface area contributed by atoms with Crippen molar-refractivity contribution < 1.29 is 14.6 Å². The van der Waals surface area contributed by atoms with E-state index in [4.69, 9.17) is 21.4 Å². The topological polar surface area (TPSA) is 61.8 Å². The number of likely N-dealkylation sites (N-methyl/N-ethyl adjacent to an activating group) is 1. The Morgan fingerprint density at radius 2 is 2.26 bits per heavy atom. The number of ether oxygens (including phenoxy) is 1. The zero-order valence-corrected chi connectivity index (χ0v) is 12.1. The molecule has 0 aliphatic rings. The van der Waals surface area contributed by atoms with Crippen LogP contribution in [0.3, 0.4) is 0 Å². The molecule has 0 aliphatic carbocycles. The van der Waals surface area contributed by atoms with Crippen LogP contribution >= 0.6 is 11.6 Å². The lowest BCUT2D eigenvalue weighted by Gasteiger charge is -2.23. The predicted molar refractivity (Wildman–Crippen MR) is 74.6 cm³/mol. The van der Waals surface area contributed by atoms with Crippen LogP contribution in [0, 0.1) is 0 Å². The van der Waals surface area contributed by atoms with E-state index in [0.29, 0.717) is 17.3 Å². The van der Waals surface area contributed by atoms with Gasteiger partial charge in [0.2, 0.25) is 0 Å². The molecule has 19 heavy (non-hydrogen) atoms. The highest BCUT2D eigenvalue weighted by molar-refractivity contribution is 6.32. The highest BCUT2D eigenvalue weighted by Gasteiger charge is 2.14. The van der Waals surface area contributed by atoms with Crippen molar-refractivity contribution in [3.05, 3.63) is 28.8 Å². The number of rotatable bonds is 5. The SMILES string of the molecule is COc1ccc(CNC(=O)N(C)C(C)CO)cc1Cl. The van der Waals surface area contributed by atoms with Crippen LogP contribution in [0.15, 0.2) is 18.2 Å². The molecule has 1 unspecified atom stereocenters. The van der Waals surface area contributed by atoms with Gasteiger partial charge in [0.15, 0.2) is 0 Å². The van der Waals surface area contributed by atoms with Gasteiger partial charge in [0.25, 0.3) is 0 Å². The highest BCUT2D eigenvalue weighted by Crippen LogP contribution is 2.24. The van der Waals surface area contributed by atoms with Gasteiger partial charge in [-0.1, -0.05) is 17.7 Å². The lowest BCUT2D eigenvalue weighted by Crippen LogP contribution is -2.43. The molecule has 0 aromatic heterocycles. The molecule has 1 aromatic rings. The second-order valence-corrected chi connectivity index (χ2v) is 4.68. The number of nitrogens with one attached hydrogen (secondary N) is 1. The summed E-state index contributed by atoms with van der Waals surface area (Å²) in [5.74, 6) is 0.600. The molecule has 6 heteroatoms. The predicted octanol–water partition coefficient (Wildman–Crippen LogP) is 1.87. The Hall–Kier alpha value is -1.46. The molecule has 106 valence electrons. The second kappa shape index (κ2) is 7.21. The van der Waals surface area contributed by atoms with Gasteiger partial charge in [-0.25, -0.2) is 4.79 Å². The fourth-order valence-corrected chi connectivity index (χ4v) is 1.73. The molecule has 0 spiro atoms. The van der Waals surface area contributed by atoms with Gasteiger partial charge in [-0.3, -0.25) is 0 Å². The quantitative estimate of drug-likeness (QED) is 0.869. The first-order valence-corrected chi connectivity index (χ1v) is 6.31. The Bertz CT molecular complexity index is 440. The minimum absolute atomic E-state index is 0.0711. The van der Waals surface area contributed by atoms with Crippen LogP contribution in [-0.2, 0) is 6.54 Å². The second-order valence-electron chi connectivity index (χ2n) is 4.27. The molecule has 5 nitrogen and oxygen atoms in total. The summed E-state index contributed by atoms with van der Waals surface area (Å²) in [5.41, 5.74) is 0.879. The zero-order chi connectivity index (χ0) is 14.4. The van der Waals surface area contributed by atoms with Crippen molar-refractivity contribution in [3.8, 4) is 5.75 Å². The molecule has 0 radical (unpaired) electrons. The summed E-state index contributed by atoms with van der Waals surface area (Å²) < 4.78 is 5.05. The first kappa shape index (κ1) is 15.6. The molecule has 1 aromatic carbocycles. The number of urea groups is 1. The number of carbonyl (C=O) groups is 1. The Labute approximate surface area is 118 Å². The van der Waals surface area contributed by atoms with Gasteiger partial charge in [0.1, 0.15) is 5.75 Å². The van der Waals surface area contributed by atoms with Crippen molar-refractivity contribution in [2.45, 2.75) is 19.5 Å². The summed E-state index contributed by atoms with van der Waals surface area (Å²) in [6, 6.07) is 4.87. The number of nitrogens with zero attached hydrogens (tertiary/aromatic N) is 1. The number of halogens is 1. The fraction of sp³-hybridized carbons (Fsp3) is 0.462. The van der Waals surface area contributed by atoms with Crippen LogP contribution in [-0.4, -0.2) is 42.8 Å². The maximum Gasteiger partial charge on any atom is 0.317 e. The minimum Gasteiger partial charge on any atom is -0.495 e. The molecular weight excluding hydrogens is 268 g/mol. The molecule has 1 atom stereocenters. The van der Waals surface area contributed by atoms with E-state index < -0.39 is 0 Å². The van der Waals surface area contributed by atoms with Crippen molar-refractivity contribution >= 4 is 17.6 Å². The van der Waals surface area contributed by atoms with Crippen LogP contribution in [0.5, 0.6) is 5.75 Å². The van der Waals surface area contributed by atoms with Crippen LogP contribution in [0.2, 0.25) is 5.02 Å². The zero-order valence-electron chi connectivity index (χ0n) is 11.3. The number of carbonyl (C=O) groups excluding carboxylic acids is 1. The average Bonchev–Trinajstić information content (AvgIpc) is 2.43. The summed E-state index contributed by atoms with van der Waals surface area (Å²) in [6.45, 7) is 2.06. The third-order valence-electron chi connectivity index (χ3n) is 2.91. The number of amides is 2. The van der Waals surface area contributed by atoms with E-state index in [9.17, 15) is 4.79 Å². The highest BCUT2D eigenvalue weighted by atomic mass is 35.5. The third kappa shape index (κ3) is 4.29. The summed E-state index contributed by atoms with van der Waals surface area (Å²) in [6.07, 6.45) is 0. The first-order chi connectivity index (χ1) is 8.99. The fourth-order valence-electron chi connectivity index (χ4n) is 1.44. The van der Waals surface area contributed by atoms with Gasteiger partial charge >= 0.3 is 6.03 Å². The van der Waals surface area contributed by atoms with E-state index in [1.54, 1.807) is 33.2 Å². The largest absolute Gasteiger partial charge is 0.495 e. The van der Waals surface area contributed by atoms with E-state index in [-0.39, 0.29) is 18.7 Å². The summed E-state index contributed by atoms with van der Waals surface area (Å²) in [5, 5.41) is 12.2. The normalized spacial score (nSPS) is 11.8. The third-order valence-corrected chi connectivity index (χ3v) is 3.20. The Balaban J connectivity index is 2.57. The van der Waals surface area contributed by atoms with Gasteiger partial charge in [0.05, 0.1) is 24.8 Å².